The van der Waals surface area contributed by atoms with Gasteiger partial charge in [0, 0.05) is 29.6 Å². The number of nitrogens with one attached hydrogen (secondary N) is 1. The van der Waals surface area contributed by atoms with Crippen molar-refractivity contribution in [2.75, 3.05) is 18.0 Å². The van der Waals surface area contributed by atoms with Crippen LogP contribution in [0, 0.1) is 5.92 Å². The largest absolute Gasteiger partial charge is 0.351 e. The summed E-state index contributed by atoms with van der Waals surface area (Å²) < 4.78 is 0. The van der Waals surface area contributed by atoms with E-state index in [9.17, 15) is 4.79 Å². The first-order valence-electron chi connectivity index (χ1n) is 8.50. The lowest BCUT2D eigenvalue weighted by atomic mass is 9.96. The van der Waals surface area contributed by atoms with E-state index < -0.39 is 0 Å². The van der Waals surface area contributed by atoms with Gasteiger partial charge in [0.25, 0.3) is 0 Å². The number of hydrogen-bond donors (Lipinski definition) is 1. The van der Waals surface area contributed by atoms with Gasteiger partial charge in [-0.25, -0.2) is 4.98 Å². The Bertz CT molecular complexity index is 690. The van der Waals surface area contributed by atoms with E-state index >= 15 is 0 Å². The van der Waals surface area contributed by atoms with Crippen LogP contribution in [-0.2, 0) is 4.79 Å². The Morgan fingerprint density at radius 1 is 1.29 bits per heavy atom. The third-order valence-electron chi connectivity index (χ3n) is 4.12. The molecule has 1 fully saturated rings. The maximum atomic E-state index is 12.5. The van der Waals surface area contributed by atoms with Crippen LogP contribution in [0.25, 0.3) is 11.3 Å². The number of benzene rings is 1. The number of carbonyl (C=O) groups excluding carboxylic acids is 1. The van der Waals surface area contributed by atoms with Crippen molar-refractivity contribution in [3.8, 4) is 11.3 Å². The molecule has 1 aliphatic heterocycles. The molecule has 1 N–H and O–H groups in total. The van der Waals surface area contributed by atoms with Crippen LogP contribution in [0.5, 0.6) is 0 Å². The lowest BCUT2D eigenvalue weighted by molar-refractivity contribution is -0.126. The molecule has 1 aromatic heterocycles. The Labute approximate surface area is 147 Å². The smallest absolute Gasteiger partial charge is 0.225 e. The highest BCUT2D eigenvalue weighted by Crippen LogP contribution is 2.30. The van der Waals surface area contributed by atoms with Gasteiger partial charge in [-0.3, -0.25) is 4.79 Å². The monoisotopic (exact) mass is 343 g/mol. The van der Waals surface area contributed by atoms with E-state index in [1.807, 2.05) is 39.0 Å². The van der Waals surface area contributed by atoms with E-state index in [1.54, 1.807) is 11.3 Å². The van der Waals surface area contributed by atoms with Gasteiger partial charge >= 0.3 is 0 Å². The zero-order chi connectivity index (χ0) is 17.2. The predicted molar refractivity (Wildman–Crippen MR) is 100 cm³/mol. The molecule has 1 aliphatic rings. The first kappa shape index (κ1) is 17.0. The third-order valence-corrected chi connectivity index (χ3v) is 5.02. The molecule has 1 amide bonds. The van der Waals surface area contributed by atoms with Gasteiger partial charge in [-0.2, -0.15) is 0 Å². The average molecular weight is 343 g/mol. The maximum absolute atomic E-state index is 12.5. The summed E-state index contributed by atoms with van der Waals surface area (Å²) in [5.41, 5.74) is 1.97. The average Bonchev–Trinajstić information content (AvgIpc) is 3.04. The Kier molecular flexibility index (Phi) is 4.90. The molecule has 1 aromatic carbocycles. The van der Waals surface area contributed by atoms with Gasteiger partial charge in [-0.15, -0.1) is 11.3 Å². The number of anilines is 1. The number of nitrogens with zero attached hydrogens (tertiary/aromatic N) is 2. The van der Waals surface area contributed by atoms with Gasteiger partial charge in [0.2, 0.25) is 5.91 Å². The van der Waals surface area contributed by atoms with Crippen molar-refractivity contribution in [1.82, 2.24) is 10.3 Å². The minimum absolute atomic E-state index is 0.0436. The van der Waals surface area contributed by atoms with Crippen molar-refractivity contribution in [2.45, 2.75) is 39.2 Å². The van der Waals surface area contributed by atoms with Gasteiger partial charge in [0.15, 0.2) is 5.13 Å². The van der Waals surface area contributed by atoms with E-state index in [1.165, 1.54) is 0 Å². The fraction of sp³-hybridized carbons (Fsp3) is 0.474. The van der Waals surface area contributed by atoms with Crippen LogP contribution in [0.2, 0.25) is 0 Å². The second-order valence-electron chi connectivity index (χ2n) is 7.41. The zero-order valence-corrected chi connectivity index (χ0v) is 15.4. The highest BCUT2D eigenvalue weighted by molar-refractivity contribution is 7.14. The summed E-state index contributed by atoms with van der Waals surface area (Å²) in [7, 11) is 0. The quantitative estimate of drug-likeness (QED) is 0.918. The Morgan fingerprint density at radius 3 is 2.75 bits per heavy atom. The number of piperidine rings is 1. The number of carbonyl (C=O) groups is 1. The Hall–Kier alpha value is -1.88. The molecule has 5 heteroatoms. The number of aromatic nitrogens is 1. The van der Waals surface area contributed by atoms with Crippen molar-refractivity contribution in [2.24, 2.45) is 5.92 Å². The number of amides is 1. The van der Waals surface area contributed by atoms with Crippen LogP contribution in [0.3, 0.4) is 0 Å². The molecule has 128 valence electrons. The van der Waals surface area contributed by atoms with Crippen molar-refractivity contribution in [3.63, 3.8) is 0 Å². The van der Waals surface area contributed by atoms with Gasteiger partial charge in [-0.05, 0) is 33.6 Å². The van der Waals surface area contributed by atoms with E-state index in [-0.39, 0.29) is 17.4 Å². The molecule has 2 aromatic rings. The summed E-state index contributed by atoms with van der Waals surface area (Å²) in [6.45, 7) is 7.81. The molecule has 3 rings (SSSR count). The molecule has 24 heavy (non-hydrogen) atoms. The van der Waals surface area contributed by atoms with Gasteiger partial charge in [0.1, 0.15) is 0 Å². The van der Waals surface area contributed by atoms with Crippen LogP contribution in [0.4, 0.5) is 5.13 Å². The minimum Gasteiger partial charge on any atom is -0.351 e. The molecular weight excluding hydrogens is 318 g/mol. The molecule has 2 heterocycles. The SMILES string of the molecule is CC(C)(C)NC(=O)C1CCCN(c2nc(-c3ccccc3)cs2)C1. The molecule has 0 bridgehead atoms. The van der Waals surface area contributed by atoms with Crippen LogP contribution in [-0.4, -0.2) is 29.5 Å². The van der Waals surface area contributed by atoms with Gasteiger partial charge in [-0.1, -0.05) is 30.3 Å². The summed E-state index contributed by atoms with van der Waals surface area (Å²) in [6.07, 6.45) is 1.98. The van der Waals surface area contributed by atoms with Crippen molar-refractivity contribution in [1.29, 1.82) is 0 Å². The van der Waals surface area contributed by atoms with Crippen molar-refractivity contribution in [3.05, 3.63) is 35.7 Å². The van der Waals surface area contributed by atoms with Gasteiger partial charge in [0.05, 0.1) is 11.6 Å². The summed E-state index contributed by atoms with van der Waals surface area (Å²) >= 11 is 1.66. The maximum Gasteiger partial charge on any atom is 0.225 e. The van der Waals surface area contributed by atoms with Crippen molar-refractivity contribution < 1.29 is 4.79 Å². The number of hydrogen-bond acceptors (Lipinski definition) is 4. The van der Waals surface area contributed by atoms with E-state index in [4.69, 9.17) is 4.98 Å². The summed E-state index contributed by atoms with van der Waals surface area (Å²) in [6, 6.07) is 10.2. The highest BCUT2D eigenvalue weighted by Gasteiger charge is 2.29. The van der Waals surface area contributed by atoms with Gasteiger partial charge < -0.3 is 10.2 Å². The summed E-state index contributed by atoms with van der Waals surface area (Å²) in [4.78, 5) is 19.5. The van der Waals surface area contributed by atoms with Crippen LogP contribution >= 0.6 is 11.3 Å². The number of rotatable bonds is 3. The third kappa shape index (κ3) is 4.15. The number of thiazole rings is 1. The van der Waals surface area contributed by atoms with Crippen molar-refractivity contribution >= 4 is 22.4 Å². The molecule has 1 atom stereocenters. The molecule has 1 saturated heterocycles. The first-order valence-corrected chi connectivity index (χ1v) is 9.38. The first-order chi connectivity index (χ1) is 11.4. The van der Waals surface area contributed by atoms with E-state index in [0.29, 0.717) is 0 Å². The molecule has 0 radical (unpaired) electrons. The standard InChI is InChI=1S/C19H25N3OS/c1-19(2,3)21-17(23)15-10-7-11-22(12-15)18-20-16(13-24-18)14-8-5-4-6-9-14/h4-6,8-9,13,15H,7,10-12H2,1-3H3,(H,21,23). The Morgan fingerprint density at radius 2 is 2.04 bits per heavy atom. The zero-order valence-electron chi connectivity index (χ0n) is 14.6. The molecule has 1 unspecified atom stereocenters. The van der Waals surface area contributed by atoms with Crippen LogP contribution in [0.15, 0.2) is 35.7 Å². The topological polar surface area (TPSA) is 45.2 Å². The molecule has 0 saturated carbocycles. The summed E-state index contributed by atoms with van der Waals surface area (Å²) in [5, 5.41) is 6.23. The molecular formula is C19H25N3OS. The fourth-order valence-electron chi connectivity index (χ4n) is 2.99. The summed E-state index contributed by atoms with van der Waals surface area (Å²) in [5.74, 6) is 0.203. The van der Waals surface area contributed by atoms with Crippen LogP contribution in [0.1, 0.15) is 33.6 Å². The lowest BCUT2D eigenvalue weighted by Gasteiger charge is -2.33. The molecule has 0 aliphatic carbocycles. The fourth-order valence-corrected chi connectivity index (χ4v) is 3.86. The van der Waals surface area contributed by atoms with E-state index in [0.717, 1.165) is 42.3 Å². The van der Waals surface area contributed by atoms with E-state index in [2.05, 4.69) is 27.7 Å². The second-order valence-corrected chi connectivity index (χ2v) is 8.24. The second kappa shape index (κ2) is 6.93. The van der Waals surface area contributed by atoms with Crippen LogP contribution < -0.4 is 10.2 Å². The minimum atomic E-state index is -0.180. The Balaban J connectivity index is 1.69. The molecule has 0 spiro atoms. The lowest BCUT2D eigenvalue weighted by Crippen LogP contribution is -2.48. The molecule has 4 nitrogen and oxygen atoms in total. The normalized spacial score (nSPS) is 18.5. The highest BCUT2D eigenvalue weighted by atomic mass is 32.1. The predicted octanol–water partition coefficient (Wildman–Crippen LogP) is 3.94.